The molecule has 130 valence electrons. The van der Waals surface area contributed by atoms with E-state index in [9.17, 15) is 14.4 Å². The molecule has 1 saturated heterocycles. The van der Waals surface area contributed by atoms with Crippen LogP contribution in [0.25, 0.3) is 0 Å². The quantitative estimate of drug-likeness (QED) is 0.447. The zero-order valence-corrected chi connectivity index (χ0v) is 14.9. The Hall–Kier alpha value is -2.50. The van der Waals surface area contributed by atoms with E-state index in [-0.39, 0.29) is 35.6 Å². The fraction of sp³-hybridized carbons (Fsp3) is 0.250. The van der Waals surface area contributed by atoms with Crippen LogP contribution in [0.4, 0.5) is 10.5 Å². The van der Waals surface area contributed by atoms with Crippen molar-refractivity contribution in [2.45, 2.75) is 6.92 Å². The molecule has 25 heavy (non-hydrogen) atoms. The number of imide groups is 1. The van der Waals surface area contributed by atoms with E-state index in [1.807, 2.05) is 0 Å². The van der Waals surface area contributed by atoms with E-state index in [0.29, 0.717) is 16.3 Å². The molecule has 1 aliphatic heterocycles. The predicted molar refractivity (Wildman–Crippen MR) is 96.1 cm³/mol. The number of hydrogen-bond donors (Lipinski definition) is 2. The van der Waals surface area contributed by atoms with Crippen LogP contribution in [-0.4, -0.2) is 40.8 Å². The second kappa shape index (κ2) is 8.55. The summed E-state index contributed by atoms with van der Waals surface area (Å²) >= 11 is 6.95. The first kappa shape index (κ1) is 18.8. The number of halogens is 1. The lowest BCUT2D eigenvalue weighted by Gasteiger charge is -2.12. The van der Waals surface area contributed by atoms with E-state index in [1.165, 1.54) is 6.20 Å². The van der Waals surface area contributed by atoms with Gasteiger partial charge in [0, 0.05) is 30.0 Å². The highest BCUT2D eigenvalue weighted by molar-refractivity contribution is 8.14. The van der Waals surface area contributed by atoms with Gasteiger partial charge in [-0.3, -0.25) is 19.3 Å². The lowest BCUT2D eigenvalue weighted by atomic mass is 10.2. The highest BCUT2D eigenvalue weighted by Gasteiger charge is 2.28. The smallest absolute Gasteiger partial charge is 0.288 e. The molecule has 0 bridgehead atoms. The summed E-state index contributed by atoms with van der Waals surface area (Å²) in [7, 11) is 0. The van der Waals surface area contributed by atoms with E-state index in [2.05, 4.69) is 10.6 Å². The molecule has 0 aromatic heterocycles. The van der Waals surface area contributed by atoms with Gasteiger partial charge in [0.1, 0.15) is 11.6 Å². The van der Waals surface area contributed by atoms with E-state index in [0.717, 1.165) is 16.7 Å². The van der Waals surface area contributed by atoms with Gasteiger partial charge in [0.25, 0.3) is 11.1 Å². The Labute approximate surface area is 154 Å². The molecule has 0 saturated carbocycles. The average Bonchev–Trinajstić information content (AvgIpc) is 2.90. The Morgan fingerprint density at radius 1 is 1.48 bits per heavy atom. The van der Waals surface area contributed by atoms with Gasteiger partial charge in [-0.15, -0.1) is 0 Å². The fourth-order valence-electron chi connectivity index (χ4n) is 2.03. The van der Waals surface area contributed by atoms with Crippen molar-refractivity contribution in [2.75, 3.05) is 24.2 Å². The molecule has 0 atom stereocenters. The SMILES string of the molecule is Cc1c(Cl)cccc1NC(=O)/C(C#N)=C\NCCN1C(=O)CSC1=O. The van der Waals surface area contributed by atoms with Gasteiger partial charge in [-0.1, -0.05) is 29.4 Å². The minimum absolute atomic E-state index is 0.132. The molecule has 0 spiro atoms. The second-order valence-electron chi connectivity index (χ2n) is 5.09. The van der Waals surface area contributed by atoms with Crippen LogP contribution in [0.5, 0.6) is 0 Å². The molecule has 2 rings (SSSR count). The van der Waals surface area contributed by atoms with Crippen molar-refractivity contribution >= 4 is 46.1 Å². The molecule has 1 aliphatic rings. The molecular formula is C16H15ClN4O3S. The van der Waals surface area contributed by atoms with Crippen molar-refractivity contribution in [3.8, 4) is 6.07 Å². The topological polar surface area (TPSA) is 102 Å². The van der Waals surface area contributed by atoms with E-state index >= 15 is 0 Å². The van der Waals surface area contributed by atoms with Crippen LogP contribution < -0.4 is 10.6 Å². The molecule has 1 aromatic rings. The fourth-order valence-corrected chi connectivity index (χ4v) is 2.96. The minimum atomic E-state index is -0.579. The van der Waals surface area contributed by atoms with Crippen LogP contribution >= 0.6 is 23.4 Å². The van der Waals surface area contributed by atoms with Gasteiger partial charge in [-0.25, -0.2) is 0 Å². The van der Waals surface area contributed by atoms with Gasteiger partial charge in [0.05, 0.1) is 5.75 Å². The Morgan fingerprint density at radius 3 is 2.88 bits per heavy atom. The van der Waals surface area contributed by atoms with E-state index < -0.39 is 5.91 Å². The molecule has 7 nitrogen and oxygen atoms in total. The maximum atomic E-state index is 12.2. The third-order valence-corrected chi connectivity index (χ3v) is 4.72. The summed E-state index contributed by atoms with van der Waals surface area (Å²) in [5.74, 6) is -0.667. The molecule has 0 radical (unpaired) electrons. The van der Waals surface area contributed by atoms with Crippen LogP contribution in [0, 0.1) is 18.3 Å². The van der Waals surface area contributed by atoms with Crippen LogP contribution in [0.1, 0.15) is 5.56 Å². The molecule has 0 unspecified atom stereocenters. The van der Waals surface area contributed by atoms with Gasteiger partial charge in [0.2, 0.25) is 5.91 Å². The zero-order chi connectivity index (χ0) is 18.4. The predicted octanol–water partition coefficient (Wildman–Crippen LogP) is 2.28. The molecule has 1 heterocycles. The van der Waals surface area contributed by atoms with Crippen LogP contribution in [-0.2, 0) is 9.59 Å². The lowest BCUT2D eigenvalue weighted by Crippen LogP contribution is -2.34. The van der Waals surface area contributed by atoms with Crippen LogP contribution in [0.15, 0.2) is 30.0 Å². The standard InChI is InChI=1S/C16H15ClN4O3S/c1-10-12(17)3-2-4-13(10)20-15(23)11(7-18)8-19-5-6-21-14(22)9-25-16(21)24/h2-4,8,19H,5-6,9H2,1H3,(H,20,23)/b11-8-. The first-order chi connectivity index (χ1) is 11.9. The largest absolute Gasteiger partial charge is 0.388 e. The summed E-state index contributed by atoms with van der Waals surface area (Å²) in [5, 5.41) is 14.7. The van der Waals surface area contributed by atoms with Crippen LogP contribution in [0.3, 0.4) is 0 Å². The molecule has 3 amide bonds. The maximum Gasteiger partial charge on any atom is 0.288 e. The molecule has 1 fully saturated rings. The summed E-state index contributed by atoms with van der Waals surface area (Å²) in [6.07, 6.45) is 1.26. The Kier molecular flexibility index (Phi) is 6.44. The summed E-state index contributed by atoms with van der Waals surface area (Å²) in [6.45, 7) is 2.18. The summed E-state index contributed by atoms with van der Waals surface area (Å²) in [5.41, 5.74) is 1.09. The van der Waals surface area contributed by atoms with Crippen molar-refractivity contribution in [3.63, 3.8) is 0 Å². The third kappa shape index (κ3) is 4.75. The van der Waals surface area contributed by atoms with E-state index in [4.69, 9.17) is 16.9 Å². The number of nitriles is 1. The Balaban J connectivity index is 1.92. The number of thioether (sulfide) groups is 1. The molecular weight excluding hydrogens is 364 g/mol. The first-order valence-electron chi connectivity index (χ1n) is 7.31. The second-order valence-corrected chi connectivity index (χ2v) is 6.42. The summed E-state index contributed by atoms with van der Waals surface area (Å²) < 4.78 is 0. The summed E-state index contributed by atoms with van der Waals surface area (Å²) in [6, 6.07) is 6.89. The van der Waals surface area contributed by atoms with Gasteiger partial charge >= 0.3 is 0 Å². The molecule has 2 N–H and O–H groups in total. The minimum Gasteiger partial charge on any atom is -0.388 e. The lowest BCUT2D eigenvalue weighted by molar-refractivity contribution is -0.124. The van der Waals surface area contributed by atoms with Crippen molar-refractivity contribution in [1.29, 1.82) is 5.26 Å². The Bertz CT molecular complexity index is 772. The number of nitrogens with one attached hydrogen (secondary N) is 2. The number of amides is 3. The molecule has 1 aromatic carbocycles. The normalized spacial score (nSPS) is 14.4. The monoisotopic (exact) mass is 378 g/mol. The zero-order valence-electron chi connectivity index (χ0n) is 13.3. The number of carbonyl (C=O) groups is 3. The number of rotatable bonds is 6. The maximum absolute atomic E-state index is 12.2. The number of benzene rings is 1. The van der Waals surface area contributed by atoms with Crippen LogP contribution in [0.2, 0.25) is 5.02 Å². The van der Waals surface area contributed by atoms with E-state index in [1.54, 1.807) is 31.2 Å². The van der Waals surface area contributed by atoms with Crippen molar-refractivity contribution in [1.82, 2.24) is 10.2 Å². The number of nitrogens with zero attached hydrogens (tertiary/aromatic N) is 2. The average molecular weight is 379 g/mol. The highest BCUT2D eigenvalue weighted by atomic mass is 35.5. The van der Waals surface area contributed by atoms with Crippen molar-refractivity contribution in [2.24, 2.45) is 0 Å². The number of anilines is 1. The summed E-state index contributed by atoms with van der Waals surface area (Å²) in [4.78, 5) is 36.2. The Morgan fingerprint density at radius 2 is 2.24 bits per heavy atom. The number of hydrogen-bond acceptors (Lipinski definition) is 6. The van der Waals surface area contributed by atoms with Gasteiger partial charge in [0.15, 0.2) is 0 Å². The molecule has 9 heteroatoms. The third-order valence-electron chi connectivity index (χ3n) is 3.45. The van der Waals surface area contributed by atoms with Gasteiger partial charge in [-0.05, 0) is 24.6 Å². The highest BCUT2D eigenvalue weighted by Crippen LogP contribution is 2.23. The van der Waals surface area contributed by atoms with Gasteiger partial charge < -0.3 is 10.6 Å². The van der Waals surface area contributed by atoms with Crippen molar-refractivity contribution < 1.29 is 14.4 Å². The van der Waals surface area contributed by atoms with Crippen molar-refractivity contribution in [3.05, 3.63) is 40.6 Å². The molecule has 0 aliphatic carbocycles. The first-order valence-corrected chi connectivity index (χ1v) is 8.67. The number of carbonyl (C=O) groups excluding carboxylic acids is 3. The van der Waals surface area contributed by atoms with Gasteiger partial charge in [-0.2, -0.15) is 5.26 Å².